The van der Waals surface area contributed by atoms with E-state index in [0.29, 0.717) is 16.9 Å². The molecule has 0 aliphatic carbocycles. The van der Waals surface area contributed by atoms with Gasteiger partial charge in [-0.1, -0.05) is 18.2 Å². The van der Waals surface area contributed by atoms with Gasteiger partial charge in [0, 0.05) is 18.8 Å². The Morgan fingerprint density at radius 3 is 2.65 bits per heavy atom. The molecule has 3 amide bonds. The van der Waals surface area contributed by atoms with Gasteiger partial charge in [0.05, 0.1) is 10.6 Å². The quantitative estimate of drug-likeness (QED) is 0.699. The van der Waals surface area contributed by atoms with Crippen LogP contribution in [0.15, 0.2) is 47.4 Å². The number of hydrogen-bond acceptors (Lipinski definition) is 5. The molecule has 2 aromatic rings. The second-order valence-electron chi connectivity index (χ2n) is 7.59. The van der Waals surface area contributed by atoms with Crippen molar-refractivity contribution in [3.63, 3.8) is 0 Å². The van der Waals surface area contributed by atoms with E-state index in [-0.39, 0.29) is 17.3 Å². The van der Waals surface area contributed by atoms with Crippen molar-refractivity contribution in [1.82, 2.24) is 4.90 Å². The first-order valence-corrected chi connectivity index (χ1v) is 10.9. The summed E-state index contributed by atoms with van der Waals surface area (Å²) in [7, 11) is 0. The fourth-order valence-electron chi connectivity index (χ4n) is 3.68. The maximum atomic E-state index is 14.5. The first-order valence-electron chi connectivity index (χ1n) is 10.1. The highest BCUT2D eigenvalue weighted by Crippen LogP contribution is 2.33. The van der Waals surface area contributed by atoms with Crippen LogP contribution in [-0.4, -0.2) is 41.6 Å². The Morgan fingerprint density at radius 2 is 1.94 bits per heavy atom. The highest BCUT2D eigenvalue weighted by atomic mass is 32.2. The molecule has 0 saturated carbocycles. The van der Waals surface area contributed by atoms with Gasteiger partial charge in [0.15, 0.2) is 0 Å². The number of halogens is 1. The lowest BCUT2D eigenvalue weighted by Crippen LogP contribution is -2.36. The minimum atomic E-state index is -0.557. The Hall–Kier alpha value is -3.13. The van der Waals surface area contributed by atoms with Crippen molar-refractivity contribution >= 4 is 46.3 Å². The van der Waals surface area contributed by atoms with E-state index in [1.165, 1.54) is 12.1 Å². The van der Waals surface area contributed by atoms with Crippen molar-refractivity contribution in [1.29, 1.82) is 0 Å². The van der Waals surface area contributed by atoms with Gasteiger partial charge in [-0.3, -0.25) is 19.3 Å². The molecular formula is C23H22FN3O3S. The van der Waals surface area contributed by atoms with Crippen LogP contribution in [0.25, 0.3) is 6.08 Å². The summed E-state index contributed by atoms with van der Waals surface area (Å²) in [5.74, 6) is -1.37. The molecule has 2 heterocycles. The highest BCUT2D eigenvalue weighted by Gasteiger charge is 2.36. The second-order valence-corrected chi connectivity index (χ2v) is 8.58. The van der Waals surface area contributed by atoms with Crippen LogP contribution in [0.2, 0.25) is 0 Å². The van der Waals surface area contributed by atoms with E-state index in [9.17, 15) is 18.8 Å². The zero-order valence-corrected chi connectivity index (χ0v) is 17.9. The number of aryl methyl sites for hydroxylation is 1. The van der Waals surface area contributed by atoms with E-state index >= 15 is 0 Å². The SMILES string of the molecule is Cc1cccc(NC(=O)CN2C(=O)S/C(=C\c3ccc(N4CCCC4)c(F)c3)C2=O)c1. The molecule has 31 heavy (non-hydrogen) atoms. The lowest BCUT2D eigenvalue weighted by atomic mass is 10.1. The summed E-state index contributed by atoms with van der Waals surface area (Å²) in [6.45, 7) is 3.19. The van der Waals surface area contributed by atoms with Crippen molar-refractivity contribution in [3.8, 4) is 0 Å². The number of carbonyl (C=O) groups excluding carboxylic acids is 3. The van der Waals surface area contributed by atoms with Crippen molar-refractivity contribution < 1.29 is 18.8 Å². The van der Waals surface area contributed by atoms with Crippen LogP contribution in [0, 0.1) is 12.7 Å². The maximum Gasteiger partial charge on any atom is 0.294 e. The number of anilines is 2. The molecule has 160 valence electrons. The minimum Gasteiger partial charge on any atom is -0.369 e. The number of amides is 3. The Bertz CT molecular complexity index is 1080. The Balaban J connectivity index is 1.44. The van der Waals surface area contributed by atoms with E-state index in [4.69, 9.17) is 0 Å². The van der Waals surface area contributed by atoms with E-state index in [0.717, 1.165) is 48.2 Å². The molecule has 2 aliphatic rings. The fraction of sp³-hybridized carbons (Fsp3) is 0.261. The predicted octanol–water partition coefficient (Wildman–Crippen LogP) is 4.41. The third-order valence-corrected chi connectivity index (χ3v) is 6.10. The number of nitrogens with one attached hydrogen (secondary N) is 1. The molecule has 8 heteroatoms. The Kier molecular flexibility index (Phi) is 6.08. The van der Waals surface area contributed by atoms with Gasteiger partial charge < -0.3 is 10.2 Å². The molecule has 0 aromatic heterocycles. The Labute approximate surface area is 184 Å². The molecule has 1 N–H and O–H groups in total. The summed E-state index contributed by atoms with van der Waals surface area (Å²) in [6, 6.07) is 12.0. The molecule has 6 nitrogen and oxygen atoms in total. The van der Waals surface area contributed by atoms with Gasteiger partial charge in [-0.2, -0.15) is 0 Å². The van der Waals surface area contributed by atoms with Crippen LogP contribution in [0.1, 0.15) is 24.0 Å². The first-order chi connectivity index (χ1) is 14.9. The average molecular weight is 440 g/mol. The summed E-state index contributed by atoms with van der Waals surface area (Å²) in [6.07, 6.45) is 3.58. The highest BCUT2D eigenvalue weighted by molar-refractivity contribution is 8.18. The van der Waals surface area contributed by atoms with Crippen LogP contribution >= 0.6 is 11.8 Å². The number of imide groups is 1. The monoisotopic (exact) mass is 439 g/mol. The van der Waals surface area contributed by atoms with Gasteiger partial charge in [-0.15, -0.1) is 0 Å². The van der Waals surface area contributed by atoms with Crippen LogP contribution < -0.4 is 10.2 Å². The minimum absolute atomic E-state index is 0.168. The van der Waals surface area contributed by atoms with Crippen molar-refractivity contribution in [3.05, 3.63) is 64.3 Å². The summed E-state index contributed by atoms with van der Waals surface area (Å²) in [5.41, 5.74) is 2.63. The Morgan fingerprint density at radius 1 is 1.16 bits per heavy atom. The van der Waals surface area contributed by atoms with E-state index in [1.54, 1.807) is 24.3 Å². The summed E-state index contributed by atoms with van der Waals surface area (Å²) < 4.78 is 14.5. The maximum absolute atomic E-state index is 14.5. The van der Waals surface area contributed by atoms with Crippen molar-refractivity contribution in [2.75, 3.05) is 29.9 Å². The van der Waals surface area contributed by atoms with Crippen LogP contribution in [0.5, 0.6) is 0 Å². The molecule has 2 fully saturated rings. The predicted molar refractivity (Wildman–Crippen MR) is 120 cm³/mol. The van der Waals surface area contributed by atoms with Crippen molar-refractivity contribution in [2.24, 2.45) is 0 Å². The largest absolute Gasteiger partial charge is 0.369 e. The zero-order chi connectivity index (χ0) is 22.0. The molecule has 0 atom stereocenters. The van der Waals surface area contributed by atoms with Gasteiger partial charge in [0.1, 0.15) is 12.4 Å². The fourth-order valence-corrected chi connectivity index (χ4v) is 4.52. The molecule has 2 saturated heterocycles. The number of rotatable bonds is 5. The molecule has 2 aliphatic heterocycles. The lowest BCUT2D eigenvalue weighted by molar-refractivity contribution is -0.127. The normalized spacial score (nSPS) is 17.7. The van der Waals surface area contributed by atoms with Crippen LogP contribution in [0.3, 0.4) is 0 Å². The summed E-state index contributed by atoms with van der Waals surface area (Å²) in [5, 5.41) is 2.16. The molecule has 4 rings (SSSR count). The van der Waals surface area contributed by atoms with Gasteiger partial charge in [0.2, 0.25) is 5.91 Å². The number of thioether (sulfide) groups is 1. The number of nitrogens with zero attached hydrogens (tertiary/aromatic N) is 2. The topological polar surface area (TPSA) is 69.7 Å². The summed E-state index contributed by atoms with van der Waals surface area (Å²) >= 11 is 0.748. The average Bonchev–Trinajstić information content (AvgIpc) is 3.33. The number of hydrogen-bond donors (Lipinski definition) is 1. The smallest absolute Gasteiger partial charge is 0.294 e. The van der Waals surface area contributed by atoms with E-state index < -0.39 is 17.1 Å². The lowest BCUT2D eigenvalue weighted by Gasteiger charge is -2.18. The third-order valence-electron chi connectivity index (χ3n) is 5.19. The third kappa shape index (κ3) is 4.80. The summed E-state index contributed by atoms with van der Waals surface area (Å²) in [4.78, 5) is 40.3. The van der Waals surface area contributed by atoms with Gasteiger partial charge >= 0.3 is 0 Å². The van der Waals surface area contributed by atoms with Gasteiger partial charge in [-0.25, -0.2) is 4.39 Å². The molecule has 0 radical (unpaired) electrons. The first kappa shape index (κ1) is 21.1. The standard InChI is InChI=1S/C23H22FN3O3S/c1-15-5-4-6-17(11-15)25-21(28)14-27-22(29)20(31-23(27)30)13-16-7-8-19(18(24)12-16)26-9-2-3-10-26/h4-8,11-13H,2-3,9-10,14H2,1H3,(H,25,28)/b20-13-. The van der Waals surface area contributed by atoms with Gasteiger partial charge in [0.25, 0.3) is 11.1 Å². The molecule has 0 bridgehead atoms. The molecule has 2 aromatic carbocycles. The van der Waals surface area contributed by atoms with Crippen LogP contribution in [0.4, 0.5) is 20.6 Å². The number of benzene rings is 2. The molecule has 0 spiro atoms. The van der Waals surface area contributed by atoms with Crippen molar-refractivity contribution in [2.45, 2.75) is 19.8 Å². The van der Waals surface area contributed by atoms with E-state index in [2.05, 4.69) is 5.32 Å². The molecular weight excluding hydrogens is 417 g/mol. The van der Waals surface area contributed by atoms with Crippen LogP contribution in [-0.2, 0) is 9.59 Å². The zero-order valence-electron chi connectivity index (χ0n) is 17.1. The van der Waals surface area contributed by atoms with Gasteiger partial charge in [-0.05, 0) is 73.0 Å². The number of carbonyl (C=O) groups is 3. The van der Waals surface area contributed by atoms with E-state index in [1.807, 2.05) is 24.0 Å². The molecule has 0 unspecified atom stereocenters. The second kappa shape index (κ2) is 8.93.